The number of ether oxygens (including phenoxy) is 1. The fraction of sp³-hybridized carbons (Fsp3) is 0.417. The molecule has 0 unspecified atom stereocenters. The Kier molecular flexibility index (Phi) is 6.67. The zero-order valence-corrected chi connectivity index (χ0v) is 11.4. The van der Waals surface area contributed by atoms with Crippen molar-refractivity contribution in [2.45, 2.75) is 12.8 Å². The van der Waals surface area contributed by atoms with Gasteiger partial charge in [0.15, 0.2) is 6.61 Å². The number of aliphatic hydroxyl groups is 1. The molecule has 0 radical (unpaired) electrons. The van der Waals surface area contributed by atoms with Crippen molar-refractivity contribution in [2.24, 2.45) is 0 Å². The molecule has 0 spiro atoms. The summed E-state index contributed by atoms with van der Waals surface area (Å²) in [6, 6.07) is 3.99. The molecule has 0 aliphatic rings. The third-order valence-corrected chi connectivity index (χ3v) is 2.78. The van der Waals surface area contributed by atoms with Gasteiger partial charge in [-0.25, -0.2) is 4.39 Å². The number of carbonyl (C=O) groups excluding carboxylic acids is 1. The summed E-state index contributed by atoms with van der Waals surface area (Å²) >= 11 is 3.15. The molecule has 100 valence electrons. The molecule has 0 fully saturated rings. The van der Waals surface area contributed by atoms with Crippen LogP contribution in [0.2, 0.25) is 0 Å². The second-order valence-electron chi connectivity index (χ2n) is 3.64. The van der Waals surface area contributed by atoms with Crippen LogP contribution in [-0.4, -0.2) is 30.8 Å². The van der Waals surface area contributed by atoms with E-state index in [1.165, 1.54) is 18.2 Å². The quantitative estimate of drug-likeness (QED) is 0.754. The van der Waals surface area contributed by atoms with Gasteiger partial charge in [0, 0.05) is 13.2 Å². The van der Waals surface area contributed by atoms with Gasteiger partial charge >= 0.3 is 0 Å². The predicted molar refractivity (Wildman–Crippen MR) is 68.9 cm³/mol. The van der Waals surface area contributed by atoms with E-state index < -0.39 is 0 Å². The minimum atomic E-state index is -0.373. The number of hydrogen-bond donors (Lipinski definition) is 2. The summed E-state index contributed by atoms with van der Waals surface area (Å²) in [4.78, 5) is 11.4. The van der Waals surface area contributed by atoms with E-state index in [0.29, 0.717) is 23.2 Å². The van der Waals surface area contributed by atoms with Crippen LogP contribution in [-0.2, 0) is 4.79 Å². The van der Waals surface area contributed by atoms with Gasteiger partial charge in [0.2, 0.25) is 0 Å². The van der Waals surface area contributed by atoms with Crippen LogP contribution in [0.25, 0.3) is 0 Å². The van der Waals surface area contributed by atoms with Gasteiger partial charge in [-0.05, 0) is 47.0 Å². The average molecular weight is 320 g/mol. The van der Waals surface area contributed by atoms with Crippen molar-refractivity contribution in [3.63, 3.8) is 0 Å². The standard InChI is InChI=1S/C12H15BrFNO3/c13-10-7-9(14)3-4-11(10)18-8-12(17)15-5-1-2-6-16/h3-4,7,16H,1-2,5-6,8H2,(H,15,17). The largest absolute Gasteiger partial charge is 0.483 e. The van der Waals surface area contributed by atoms with E-state index in [9.17, 15) is 9.18 Å². The van der Waals surface area contributed by atoms with Crippen molar-refractivity contribution in [1.82, 2.24) is 5.32 Å². The van der Waals surface area contributed by atoms with E-state index in [0.717, 1.165) is 6.42 Å². The molecule has 0 saturated carbocycles. The van der Waals surface area contributed by atoms with Crippen LogP contribution in [0.3, 0.4) is 0 Å². The lowest BCUT2D eigenvalue weighted by Crippen LogP contribution is -2.29. The van der Waals surface area contributed by atoms with Gasteiger partial charge in [-0.3, -0.25) is 4.79 Å². The summed E-state index contributed by atoms with van der Waals surface area (Å²) in [6.45, 7) is 0.506. The Morgan fingerprint density at radius 1 is 1.44 bits per heavy atom. The molecule has 1 amide bonds. The van der Waals surface area contributed by atoms with E-state index in [1.807, 2.05) is 0 Å². The molecule has 0 aliphatic heterocycles. The summed E-state index contributed by atoms with van der Waals surface area (Å²) in [6.07, 6.45) is 1.38. The second kappa shape index (κ2) is 8.05. The van der Waals surface area contributed by atoms with Gasteiger partial charge in [-0.2, -0.15) is 0 Å². The van der Waals surface area contributed by atoms with Crippen molar-refractivity contribution in [3.8, 4) is 5.75 Å². The zero-order valence-electron chi connectivity index (χ0n) is 9.79. The topological polar surface area (TPSA) is 58.6 Å². The van der Waals surface area contributed by atoms with Crippen molar-refractivity contribution in [3.05, 3.63) is 28.5 Å². The molecule has 0 aromatic heterocycles. The minimum Gasteiger partial charge on any atom is -0.483 e. The van der Waals surface area contributed by atoms with E-state index in [-0.39, 0.29) is 24.9 Å². The Bertz CT molecular complexity index is 401. The molecule has 1 aromatic rings. The summed E-state index contributed by atoms with van der Waals surface area (Å²) < 4.78 is 18.5. The van der Waals surface area contributed by atoms with E-state index in [2.05, 4.69) is 21.2 Å². The summed E-state index contributed by atoms with van der Waals surface area (Å²) in [5.41, 5.74) is 0. The number of benzene rings is 1. The lowest BCUT2D eigenvalue weighted by molar-refractivity contribution is -0.123. The van der Waals surface area contributed by atoms with Gasteiger partial charge in [0.1, 0.15) is 11.6 Å². The summed E-state index contributed by atoms with van der Waals surface area (Å²) in [5, 5.41) is 11.2. The molecule has 0 saturated heterocycles. The molecule has 2 N–H and O–H groups in total. The third kappa shape index (κ3) is 5.46. The molecule has 0 heterocycles. The monoisotopic (exact) mass is 319 g/mol. The van der Waals surface area contributed by atoms with Crippen LogP contribution in [0.1, 0.15) is 12.8 Å². The molecule has 4 nitrogen and oxygen atoms in total. The molecular weight excluding hydrogens is 305 g/mol. The van der Waals surface area contributed by atoms with Crippen LogP contribution in [0.4, 0.5) is 4.39 Å². The SMILES string of the molecule is O=C(COc1ccc(F)cc1Br)NCCCCO. The Morgan fingerprint density at radius 3 is 2.89 bits per heavy atom. The van der Waals surface area contributed by atoms with Crippen LogP contribution >= 0.6 is 15.9 Å². The Morgan fingerprint density at radius 2 is 2.22 bits per heavy atom. The summed E-state index contributed by atoms with van der Waals surface area (Å²) in [7, 11) is 0. The highest BCUT2D eigenvalue weighted by molar-refractivity contribution is 9.10. The lowest BCUT2D eigenvalue weighted by Gasteiger charge is -2.08. The number of carbonyl (C=O) groups is 1. The third-order valence-electron chi connectivity index (χ3n) is 2.16. The maximum absolute atomic E-state index is 12.8. The molecule has 6 heteroatoms. The maximum Gasteiger partial charge on any atom is 0.257 e. The van der Waals surface area contributed by atoms with Crippen LogP contribution in [0.5, 0.6) is 5.75 Å². The predicted octanol–water partition coefficient (Wildman–Crippen LogP) is 1.86. The molecule has 0 atom stereocenters. The van der Waals surface area contributed by atoms with Crippen LogP contribution in [0.15, 0.2) is 22.7 Å². The fourth-order valence-corrected chi connectivity index (χ4v) is 1.72. The molecule has 0 aliphatic carbocycles. The van der Waals surface area contributed by atoms with Gasteiger partial charge < -0.3 is 15.2 Å². The molecule has 18 heavy (non-hydrogen) atoms. The fourth-order valence-electron chi connectivity index (χ4n) is 1.25. The smallest absolute Gasteiger partial charge is 0.257 e. The highest BCUT2D eigenvalue weighted by Gasteiger charge is 2.06. The molecule has 0 bridgehead atoms. The van der Waals surface area contributed by atoms with Crippen LogP contribution < -0.4 is 10.1 Å². The van der Waals surface area contributed by atoms with Gasteiger partial charge in [-0.1, -0.05) is 0 Å². The van der Waals surface area contributed by atoms with Crippen molar-refractivity contribution < 1.29 is 19.0 Å². The highest BCUT2D eigenvalue weighted by atomic mass is 79.9. The first-order chi connectivity index (χ1) is 8.63. The van der Waals surface area contributed by atoms with Crippen LogP contribution in [0, 0.1) is 5.82 Å². The second-order valence-corrected chi connectivity index (χ2v) is 4.50. The minimum absolute atomic E-state index is 0.120. The van der Waals surface area contributed by atoms with E-state index in [1.54, 1.807) is 0 Å². The summed E-state index contributed by atoms with van der Waals surface area (Å²) in [5.74, 6) is -0.200. The molecule has 1 aromatic carbocycles. The Balaban J connectivity index is 2.29. The maximum atomic E-state index is 12.8. The van der Waals surface area contributed by atoms with Gasteiger partial charge in [0.25, 0.3) is 5.91 Å². The first kappa shape index (κ1) is 14.9. The Hall–Kier alpha value is -1.14. The lowest BCUT2D eigenvalue weighted by atomic mass is 10.3. The number of unbranched alkanes of at least 4 members (excludes halogenated alkanes) is 1. The van der Waals surface area contributed by atoms with Gasteiger partial charge in [-0.15, -0.1) is 0 Å². The number of halogens is 2. The molecule has 1 rings (SSSR count). The number of hydrogen-bond acceptors (Lipinski definition) is 3. The average Bonchev–Trinajstić information content (AvgIpc) is 2.33. The number of amides is 1. The van der Waals surface area contributed by atoms with E-state index >= 15 is 0 Å². The Labute approximate surface area is 113 Å². The first-order valence-corrected chi connectivity index (χ1v) is 6.38. The number of nitrogens with one attached hydrogen (secondary N) is 1. The van der Waals surface area contributed by atoms with Crippen molar-refractivity contribution in [1.29, 1.82) is 0 Å². The highest BCUT2D eigenvalue weighted by Crippen LogP contribution is 2.25. The van der Waals surface area contributed by atoms with Crippen molar-refractivity contribution in [2.75, 3.05) is 19.8 Å². The molecular formula is C12H15BrFNO3. The first-order valence-electron chi connectivity index (χ1n) is 5.59. The normalized spacial score (nSPS) is 10.2. The van der Waals surface area contributed by atoms with E-state index in [4.69, 9.17) is 9.84 Å². The number of rotatable bonds is 7. The van der Waals surface area contributed by atoms with Gasteiger partial charge in [0.05, 0.1) is 4.47 Å². The zero-order chi connectivity index (χ0) is 13.4. The number of aliphatic hydroxyl groups excluding tert-OH is 1. The van der Waals surface area contributed by atoms with Crippen molar-refractivity contribution >= 4 is 21.8 Å².